The predicted octanol–water partition coefficient (Wildman–Crippen LogP) is 3.96. The van der Waals surface area contributed by atoms with Crippen molar-refractivity contribution < 1.29 is 0 Å². The fourth-order valence-corrected chi connectivity index (χ4v) is 2.78. The summed E-state index contributed by atoms with van der Waals surface area (Å²) in [5.41, 5.74) is 0. The topological polar surface area (TPSA) is 12.0 Å². The van der Waals surface area contributed by atoms with E-state index in [1.807, 2.05) is 0 Å². The largest absolute Gasteiger partial charge is 0.309 e. The van der Waals surface area contributed by atoms with Crippen LogP contribution < -0.4 is 5.32 Å². The number of thiophene rings is 1. The standard InChI is InChI=1S/C12H16BrNS/c1-3-4-5-6-9-14-10(2)11-7-8-12(13)15-11/h1,7-8,10,14H,4-6,9H2,2H3. The molecule has 3 heteroatoms. The van der Waals surface area contributed by atoms with Gasteiger partial charge in [0.25, 0.3) is 0 Å². The molecular formula is C12H16BrNS. The zero-order valence-corrected chi connectivity index (χ0v) is 11.3. The second kappa shape index (κ2) is 7.05. The van der Waals surface area contributed by atoms with Crippen molar-refractivity contribution in [2.45, 2.75) is 32.2 Å². The molecule has 1 nitrogen and oxygen atoms in total. The van der Waals surface area contributed by atoms with Crippen LogP contribution in [0.1, 0.15) is 37.1 Å². The van der Waals surface area contributed by atoms with Crippen LogP contribution in [0.4, 0.5) is 0 Å². The highest BCUT2D eigenvalue weighted by Gasteiger charge is 2.06. The minimum Gasteiger partial charge on any atom is -0.309 e. The van der Waals surface area contributed by atoms with E-state index in [1.54, 1.807) is 11.3 Å². The third kappa shape index (κ3) is 4.83. The summed E-state index contributed by atoms with van der Waals surface area (Å²) in [6.07, 6.45) is 8.35. The maximum Gasteiger partial charge on any atom is 0.0701 e. The van der Waals surface area contributed by atoms with Crippen LogP contribution in [0, 0.1) is 12.3 Å². The average Bonchev–Trinajstić information content (AvgIpc) is 2.64. The average molecular weight is 286 g/mol. The van der Waals surface area contributed by atoms with E-state index in [4.69, 9.17) is 6.42 Å². The molecule has 0 aliphatic rings. The van der Waals surface area contributed by atoms with Gasteiger partial charge in [0, 0.05) is 17.3 Å². The van der Waals surface area contributed by atoms with Crippen LogP contribution in [-0.2, 0) is 0 Å². The van der Waals surface area contributed by atoms with E-state index in [0.29, 0.717) is 6.04 Å². The fraction of sp³-hybridized carbons (Fsp3) is 0.500. The van der Waals surface area contributed by atoms with Crippen LogP contribution in [-0.4, -0.2) is 6.54 Å². The number of nitrogens with one attached hydrogen (secondary N) is 1. The van der Waals surface area contributed by atoms with Crippen molar-refractivity contribution in [3.63, 3.8) is 0 Å². The molecular weight excluding hydrogens is 270 g/mol. The van der Waals surface area contributed by atoms with E-state index in [2.05, 4.69) is 46.2 Å². The molecule has 1 unspecified atom stereocenters. The van der Waals surface area contributed by atoms with E-state index >= 15 is 0 Å². The molecule has 1 aromatic heterocycles. The summed E-state index contributed by atoms with van der Waals surface area (Å²) >= 11 is 5.26. The first-order valence-electron chi connectivity index (χ1n) is 5.16. The van der Waals surface area contributed by atoms with E-state index < -0.39 is 0 Å². The molecule has 1 rings (SSSR count). The SMILES string of the molecule is C#CCCCCNC(C)c1ccc(Br)s1. The number of halogens is 1. The van der Waals surface area contributed by atoms with Crippen LogP contribution in [0.2, 0.25) is 0 Å². The van der Waals surface area contributed by atoms with Crippen LogP contribution in [0.5, 0.6) is 0 Å². The van der Waals surface area contributed by atoms with Gasteiger partial charge in [0.05, 0.1) is 3.79 Å². The summed E-state index contributed by atoms with van der Waals surface area (Å²) in [4.78, 5) is 1.37. The third-order valence-electron chi connectivity index (χ3n) is 2.22. The highest BCUT2D eigenvalue weighted by atomic mass is 79.9. The number of rotatable bonds is 6. The Morgan fingerprint density at radius 2 is 2.33 bits per heavy atom. The molecule has 0 aliphatic carbocycles. The van der Waals surface area contributed by atoms with Gasteiger partial charge in [-0.3, -0.25) is 0 Å². The second-order valence-corrected chi connectivity index (χ2v) is 5.97. The van der Waals surface area contributed by atoms with Gasteiger partial charge >= 0.3 is 0 Å². The Balaban J connectivity index is 2.19. The van der Waals surface area contributed by atoms with E-state index in [9.17, 15) is 0 Å². The first-order valence-corrected chi connectivity index (χ1v) is 6.77. The lowest BCUT2D eigenvalue weighted by Crippen LogP contribution is -2.18. The number of hydrogen-bond donors (Lipinski definition) is 1. The Morgan fingerprint density at radius 3 is 2.93 bits per heavy atom. The van der Waals surface area contributed by atoms with E-state index in [-0.39, 0.29) is 0 Å². The lowest BCUT2D eigenvalue weighted by molar-refractivity contribution is 0.555. The molecule has 1 heterocycles. The fourth-order valence-electron chi connectivity index (χ4n) is 1.33. The van der Waals surface area contributed by atoms with Gasteiger partial charge in [0.2, 0.25) is 0 Å². The third-order valence-corrected chi connectivity index (χ3v) is 4.03. The summed E-state index contributed by atoms with van der Waals surface area (Å²) in [5.74, 6) is 2.66. The van der Waals surface area contributed by atoms with Gasteiger partial charge in [-0.05, 0) is 54.4 Å². The minimum absolute atomic E-state index is 0.437. The summed E-state index contributed by atoms with van der Waals surface area (Å²) in [6, 6.07) is 4.69. The zero-order valence-electron chi connectivity index (χ0n) is 8.92. The molecule has 0 saturated carbocycles. The molecule has 0 amide bonds. The van der Waals surface area contributed by atoms with Crippen molar-refractivity contribution >= 4 is 27.3 Å². The Hall–Kier alpha value is -0.300. The Bertz CT molecular complexity index is 327. The van der Waals surface area contributed by atoms with Gasteiger partial charge in [0.1, 0.15) is 0 Å². The predicted molar refractivity (Wildman–Crippen MR) is 71.1 cm³/mol. The lowest BCUT2D eigenvalue weighted by atomic mass is 10.2. The molecule has 0 aromatic carbocycles. The van der Waals surface area contributed by atoms with Crippen LogP contribution in [0.15, 0.2) is 15.9 Å². The second-order valence-electron chi connectivity index (χ2n) is 3.48. The van der Waals surface area contributed by atoms with Gasteiger partial charge in [-0.25, -0.2) is 0 Å². The van der Waals surface area contributed by atoms with Crippen molar-refractivity contribution in [3.05, 3.63) is 20.8 Å². The molecule has 1 atom stereocenters. The van der Waals surface area contributed by atoms with Crippen LogP contribution >= 0.6 is 27.3 Å². The molecule has 1 aromatic rings. The smallest absolute Gasteiger partial charge is 0.0701 e. The maximum atomic E-state index is 5.19. The molecule has 0 fully saturated rings. The summed E-state index contributed by atoms with van der Waals surface area (Å²) in [5, 5.41) is 3.49. The van der Waals surface area contributed by atoms with Crippen LogP contribution in [0.25, 0.3) is 0 Å². The molecule has 0 saturated heterocycles. The first kappa shape index (κ1) is 12.8. The highest BCUT2D eigenvalue weighted by Crippen LogP contribution is 2.26. The minimum atomic E-state index is 0.437. The Kier molecular flexibility index (Phi) is 6.00. The Morgan fingerprint density at radius 1 is 1.53 bits per heavy atom. The molecule has 0 bridgehead atoms. The first-order chi connectivity index (χ1) is 7.24. The quantitative estimate of drug-likeness (QED) is 0.616. The maximum absolute atomic E-state index is 5.19. The normalized spacial score (nSPS) is 12.3. The molecule has 0 spiro atoms. The zero-order chi connectivity index (χ0) is 11.1. The van der Waals surface area contributed by atoms with Crippen LogP contribution in [0.3, 0.4) is 0 Å². The van der Waals surface area contributed by atoms with Gasteiger partial charge < -0.3 is 5.32 Å². The monoisotopic (exact) mass is 285 g/mol. The lowest BCUT2D eigenvalue weighted by Gasteiger charge is -2.11. The summed E-state index contributed by atoms with van der Waals surface area (Å²) < 4.78 is 1.19. The van der Waals surface area contributed by atoms with Crippen molar-refractivity contribution in [3.8, 4) is 12.3 Å². The van der Waals surface area contributed by atoms with Gasteiger partial charge in [-0.2, -0.15) is 0 Å². The number of unbranched alkanes of at least 4 members (excludes halogenated alkanes) is 2. The molecule has 82 valence electrons. The van der Waals surface area contributed by atoms with Crippen molar-refractivity contribution in [2.75, 3.05) is 6.54 Å². The molecule has 0 aliphatic heterocycles. The van der Waals surface area contributed by atoms with E-state index in [0.717, 1.165) is 25.8 Å². The molecule has 15 heavy (non-hydrogen) atoms. The Labute approximate surface area is 104 Å². The molecule has 0 radical (unpaired) electrons. The summed E-state index contributed by atoms with van der Waals surface area (Å²) in [7, 11) is 0. The van der Waals surface area contributed by atoms with Crippen molar-refractivity contribution in [2.24, 2.45) is 0 Å². The van der Waals surface area contributed by atoms with Gasteiger partial charge in [0.15, 0.2) is 0 Å². The van der Waals surface area contributed by atoms with Gasteiger partial charge in [-0.1, -0.05) is 0 Å². The highest BCUT2D eigenvalue weighted by molar-refractivity contribution is 9.11. The van der Waals surface area contributed by atoms with Crippen molar-refractivity contribution in [1.82, 2.24) is 5.32 Å². The molecule has 1 N–H and O–H groups in total. The number of hydrogen-bond acceptors (Lipinski definition) is 2. The van der Waals surface area contributed by atoms with Crippen molar-refractivity contribution in [1.29, 1.82) is 0 Å². The summed E-state index contributed by atoms with van der Waals surface area (Å²) in [6.45, 7) is 3.23. The van der Waals surface area contributed by atoms with E-state index in [1.165, 1.54) is 8.66 Å². The number of terminal acetylenes is 1. The van der Waals surface area contributed by atoms with Gasteiger partial charge in [-0.15, -0.1) is 23.7 Å².